The van der Waals surface area contributed by atoms with Crippen molar-refractivity contribution in [3.63, 3.8) is 0 Å². The fourth-order valence-electron chi connectivity index (χ4n) is 2.85. The number of nitrogens with one attached hydrogen (secondary N) is 1. The van der Waals surface area contributed by atoms with Gasteiger partial charge in [-0.3, -0.25) is 0 Å². The lowest BCUT2D eigenvalue weighted by Gasteiger charge is -2.25. The monoisotopic (exact) mass is 275 g/mol. The lowest BCUT2D eigenvalue weighted by molar-refractivity contribution is 0.0383. The predicted molar refractivity (Wildman–Crippen MR) is 82.7 cm³/mol. The molecule has 0 saturated carbocycles. The van der Waals surface area contributed by atoms with E-state index in [1.54, 1.807) is 0 Å². The zero-order valence-electron chi connectivity index (χ0n) is 12.9. The molecule has 20 heavy (non-hydrogen) atoms. The van der Waals surface area contributed by atoms with Gasteiger partial charge in [0.15, 0.2) is 0 Å². The Labute approximate surface area is 121 Å². The molecule has 0 spiro atoms. The number of furan rings is 1. The van der Waals surface area contributed by atoms with Crippen molar-refractivity contribution in [1.29, 1.82) is 0 Å². The molecule has 2 N–H and O–H groups in total. The third kappa shape index (κ3) is 3.62. The third-order valence-electron chi connectivity index (χ3n) is 3.56. The van der Waals surface area contributed by atoms with Gasteiger partial charge in [0.2, 0.25) is 0 Å². The van der Waals surface area contributed by atoms with E-state index >= 15 is 0 Å². The van der Waals surface area contributed by atoms with Crippen molar-refractivity contribution in [3.05, 3.63) is 35.6 Å². The minimum Gasteiger partial charge on any atom is -0.461 e. The molecule has 0 fully saturated rings. The normalized spacial score (nSPS) is 14.9. The van der Waals surface area contributed by atoms with Gasteiger partial charge in [0.25, 0.3) is 0 Å². The minimum absolute atomic E-state index is 0.489. The van der Waals surface area contributed by atoms with Crippen LogP contribution in [0.5, 0.6) is 0 Å². The molecular formula is C17H25NO2. The second-order valence-corrected chi connectivity index (χ2v) is 6.33. The van der Waals surface area contributed by atoms with Crippen LogP contribution in [0, 0.1) is 12.8 Å². The summed E-state index contributed by atoms with van der Waals surface area (Å²) in [5.74, 6) is 1.44. The summed E-state index contributed by atoms with van der Waals surface area (Å²) in [4.78, 5) is 0. The average molecular weight is 275 g/mol. The number of aliphatic hydroxyl groups is 1. The molecule has 2 aromatic rings. The smallest absolute Gasteiger partial charge is 0.134 e. The first kappa shape index (κ1) is 15.1. The number of benzene rings is 1. The summed E-state index contributed by atoms with van der Waals surface area (Å²) in [5, 5.41) is 14.8. The Kier molecular flexibility index (Phi) is 4.51. The van der Waals surface area contributed by atoms with Gasteiger partial charge >= 0.3 is 0 Å². The van der Waals surface area contributed by atoms with Gasteiger partial charge in [0, 0.05) is 24.0 Å². The van der Waals surface area contributed by atoms with Crippen molar-refractivity contribution in [2.45, 2.75) is 46.3 Å². The second-order valence-electron chi connectivity index (χ2n) is 6.33. The lowest BCUT2D eigenvalue weighted by Crippen LogP contribution is -2.38. The van der Waals surface area contributed by atoms with E-state index in [9.17, 15) is 5.11 Å². The van der Waals surface area contributed by atoms with Crippen molar-refractivity contribution in [2.75, 3.05) is 6.54 Å². The van der Waals surface area contributed by atoms with Crippen LogP contribution in [0.4, 0.5) is 0 Å². The topological polar surface area (TPSA) is 45.4 Å². The molecule has 1 aromatic heterocycles. The first-order chi connectivity index (χ1) is 9.39. The van der Waals surface area contributed by atoms with E-state index in [4.69, 9.17) is 4.42 Å². The maximum Gasteiger partial charge on any atom is 0.134 e. The van der Waals surface area contributed by atoms with Crippen molar-refractivity contribution in [3.8, 4) is 0 Å². The molecule has 3 heteroatoms. The van der Waals surface area contributed by atoms with E-state index in [1.165, 1.54) is 5.56 Å². The molecule has 0 saturated heterocycles. The van der Waals surface area contributed by atoms with Crippen LogP contribution in [0.2, 0.25) is 0 Å². The predicted octanol–water partition coefficient (Wildman–Crippen LogP) is 3.63. The number of rotatable bonds is 6. The SMILES string of the molecule is Cc1oc2ccccc2c1CNCC(C)(O)CC(C)C. The standard InChI is InChI=1S/C17H25NO2/c1-12(2)9-17(4,19)11-18-10-15-13(3)20-16-8-6-5-7-14(15)16/h5-8,12,18-19H,9-11H2,1-4H3. The highest BCUT2D eigenvalue weighted by Gasteiger charge is 2.21. The molecule has 3 nitrogen and oxygen atoms in total. The summed E-state index contributed by atoms with van der Waals surface area (Å²) in [6, 6.07) is 8.07. The van der Waals surface area contributed by atoms with Gasteiger partial charge < -0.3 is 14.8 Å². The maximum atomic E-state index is 10.3. The van der Waals surface area contributed by atoms with E-state index < -0.39 is 5.60 Å². The maximum absolute atomic E-state index is 10.3. The number of hydrogen-bond acceptors (Lipinski definition) is 3. The van der Waals surface area contributed by atoms with E-state index in [1.807, 2.05) is 32.0 Å². The summed E-state index contributed by atoms with van der Waals surface area (Å²) in [5.41, 5.74) is 1.44. The Hall–Kier alpha value is -1.32. The first-order valence-electron chi connectivity index (χ1n) is 7.29. The van der Waals surface area contributed by atoms with Crippen LogP contribution in [0.3, 0.4) is 0 Å². The fraction of sp³-hybridized carbons (Fsp3) is 0.529. The number of fused-ring (bicyclic) bond motifs is 1. The van der Waals surface area contributed by atoms with Gasteiger partial charge in [-0.25, -0.2) is 0 Å². The molecule has 0 aliphatic heterocycles. The van der Waals surface area contributed by atoms with E-state index in [0.29, 0.717) is 12.5 Å². The average Bonchev–Trinajstić information content (AvgIpc) is 2.64. The van der Waals surface area contributed by atoms with Crippen LogP contribution in [0.25, 0.3) is 11.0 Å². The van der Waals surface area contributed by atoms with Crippen LogP contribution in [0.15, 0.2) is 28.7 Å². The molecule has 2 rings (SSSR count). The number of para-hydroxylation sites is 1. The van der Waals surface area contributed by atoms with Crippen LogP contribution < -0.4 is 5.32 Å². The van der Waals surface area contributed by atoms with Crippen molar-refractivity contribution in [2.24, 2.45) is 5.92 Å². The largest absolute Gasteiger partial charge is 0.461 e. The highest BCUT2D eigenvalue weighted by Crippen LogP contribution is 2.25. The second kappa shape index (κ2) is 5.98. The minimum atomic E-state index is -0.665. The molecule has 0 amide bonds. The summed E-state index contributed by atoms with van der Waals surface area (Å²) < 4.78 is 5.74. The van der Waals surface area contributed by atoms with E-state index in [2.05, 4.69) is 25.2 Å². The van der Waals surface area contributed by atoms with Crippen molar-refractivity contribution < 1.29 is 9.52 Å². The lowest BCUT2D eigenvalue weighted by atomic mass is 9.94. The molecule has 0 radical (unpaired) electrons. The van der Waals surface area contributed by atoms with Gasteiger partial charge in [-0.15, -0.1) is 0 Å². The van der Waals surface area contributed by atoms with Gasteiger partial charge in [-0.05, 0) is 32.3 Å². The highest BCUT2D eigenvalue weighted by molar-refractivity contribution is 5.82. The molecule has 0 aliphatic carbocycles. The number of aryl methyl sites for hydroxylation is 1. The van der Waals surface area contributed by atoms with Crippen molar-refractivity contribution in [1.82, 2.24) is 5.32 Å². The van der Waals surface area contributed by atoms with Gasteiger partial charge in [-0.2, -0.15) is 0 Å². The van der Waals surface area contributed by atoms with Crippen molar-refractivity contribution >= 4 is 11.0 Å². The molecule has 1 unspecified atom stereocenters. The molecule has 0 aliphatic rings. The Morgan fingerprint density at radius 2 is 2.00 bits per heavy atom. The van der Waals surface area contributed by atoms with E-state index in [-0.39, 0.29) is 0 Å². The first-order valence-corrected chi connectivity index (χ1v) is 7.29. The Bertz CT molecular complexity index is 569. The Balaban J connectivity index is 2.01. The molecule has 1 heterocycles. The van der Waals surface area contributed by atoms with Gasteiger partial charge in [0.1, 0.15) is 11.3 Å². The Morgan fingerprint density at radius 1 is 1.30 bits per heavy atom. The van der Waals surface area contributed by atoms with Gasteiger partial charge in [-0.1, -0.05) is 32.0 Å². The van der Waals surface area contributed by atoms with Crippen LogP contribution in [0.1, 0.15) is 38.5 Å². The Morgan fingerprint density at radius 3 is 2.70 bits per heavy atom. The zero-order chi connectivity index (χ0) is 14.8. The fourth-order valence-corrected chi connectivity index (χ4v) is 2.85. The highest BCUT2D eigenvalue weighted by atomic mass is 16.3. The van der Waals surface area contributed by atoms with E-state index in [0.717, 1.165) is 29.7 Å². The number of hydrogen-bond donors (Lipinski definition) is 2. The third-order valence-corrected chi connectivity index (χ3v) is 3.56. The molecular weight excluding hydrogens is 250 g/mol. The molecule has 1 aromatic carbocycles. The van der Waals surface area contributed by atoms with Crippen LogP contribution in [-0.2, 0) is 6.54 Å². The molecule has 0 bridgehead atoms. The molecule has 110 valence electrons. The summed E-state index contributed by atoms with van der Waals surface area (Å²) >= 11 is 0. The zero-order valence-corrected chi connectivity index (χ0v) is 12.9. The summed E-state index contributed by atoms with van der Waals surface area (Å²) in [6.45, 7) is 9.44. The quantitative estimate of drug-likeness (QED) is 0.846. The van der Waals surface area contributed by atoms with Crippen LogP contribution >= 0.6 is 0 Å². The summed E-state index contributed by atoms with van der Waals surface area (Å²) in [6.07, 6.45) is 0.797. The molecule has 1 atom stereocenters. The summed E-state index contributed by atoms with van der Waals surface area (Å²) in [7, 11) is 0. The van der Waals surface area contributed by atoms with Crippen LogP contribution in [-0.4, -0.2) is 17.3 Å². The van der Waals surface area contributed by atoms with Gasteiger partial charge in [0.05, 0.1) is 5.60 Å².